The second-order valence-corrected chi connectivity index (χ2v) is 8.24. The smallest absolute Gasteiger partial charge is 0.254 e. The fourth-order valence-corrected chi connectivity index (χ4v) is 4.05. The zero-order chi connectivity index (χ0) is 22.7. The number of aromatic nitrogens is 3. The Morgan fingerprint density at radius 1 is 1.25 bits per heavy atom. The number of H-pyrrole nitrogens is 1. The molecule has 2 amide bonds. The van der Waals surface area contributed by atoms with Gasteiger partial charge >= 0.3 is 0 Å². The van der Waals surface area contributed by atoms with Crippen LogP contribution in [-0.2, 0) is 4.79 Å². The Kier molecular flexibility index (Phi) is 6.36. The molecule has 0 radical (unpaired) electrons. The Labute approximate surface area is 187 Å². The zero-order valence-electron chi connectivity index (χ0n) is 18.6. The van der Waals surface area contributed by atoms with Crippen molar-refractivity contribution >= 4 is 34.4 Å². The van der Waals surface area contributed by atoms with Gasteiger partial charge in [-0.05, 0) is 38.1 Å². The third kappa shape index (κ3) is 4.57. The van der Waals surface area contributed by atoms with Crippen molar-refractivity contribution in [2.75, 3.05) is 31.1 Å². The van der Waals surface area contributed by atoms with E-state index in [2.05, 4.69) is 39.4 Å². The van der Waals surface area contributed by atoms with Crippen molar-refractivity contribution in [3.05, 3.63) is 48.4 Å². The van der Waals surface area contributed by atoms with Crippen LogP contribution in [0.2, 0.25) is 0 Å². The summed E-state index contributed by atoms with van der Waals surface area (Å²) >= 11 is 0. The number of nitrogens with one attached hydrogen (secondary N) is 3. The zero-order valence-corrected chi connectivity index (χ0v) is 18.6. The number of piperazine rings is 1. The van der Waals surface area contributed by atoms with Crippen LogP contribution < -0.4 is 15.5 Å². The molecular formula is C23H29N7O2. The first-order valence-electron chi connectivity index (χ1n) is 10.9. The number of amides is 2. The maximum atomic E-state index is 13.3. The van der Waals surface area contributed by atoms with Crippen molar-refractivity contribution in [1.29, 1.82) is 0 Å². The van der Waals surface area contributed by atoms with E-state index >= 15 is 0 Å². The summed E-state index contributed by atoms with van der Waals surface area (Å²) in [7, 11) is 0. The van der Waals surface area contributed by atoms with Crippen molar-refractivity contribution in [3.8, 4) is 0 Å². The molecule has 2 atom stereocenters. The summed E-state index contributed by atoms with van der Waals surface area (Å²) in [6, 6.07) is 9.90. The first-order valence-corrected chi connectivity index (χ1v) is 10.9. The highest BCUT2D eigenvalue weighted by Crippen LogP contribution is 2.30. The van der Waals surface area contributed by atoms with Crippen LogP contribution in [-0.4, -0.2) is 69.9 Å². The van der Waals surface area contributed by atoms with Gasteiger partial charge in [0.25, 0.3) is 5.91 Å². The van der Waals surface area contributed by atoms with E-state index in [1.165, 1.54) is 13.3 Å². The molecule has 1 aliphatic heterocycles. The number of hydrogen-bond acceptors (Lipinski definition) is 6. The summed E-state index contributed by atoms with van der Waals surface area (Å²) in [5.41, 5.74) is 2.20. The number of fused-ring (bicyclic) bond motifs is 1. The van der Waals surface area contributed by atoms with E-state index in [1.807, 2.05) is 46.3 Å². The first kappa shape index (κ1) is 21.8. The quantitative estimate of drug-likeness (QED) is 0.547. The minimum absolute atomic E-state index is 0.0176. The molecule has 1 aliphatic rings. The van der Waals surface area contributed by atoms with Gasteiger partial charge in [-0.2, -0.15) is 0 Å². The molecule has 168 valence electrons. The molecular weight excluding hydrogens is 406 g/mol. The van der Waals surface area contributed by atoms with Crippen LogP contribution in [0, 0.1) is 0 Å². The Bertz CT molecular complexity index is 1110. The Morgan fingerprint density at radius 3 is 2.91 bits per heavy atom. The lowest BCUT2D eigenvalue weighted by molar-refractivity contribution is -0.118. The van der Waals surface area contributed by atoms with Gasteiger partial charge in [-0.25, -0.2) is 9.97 Å². The van der Waals surface area contributed by atoms with Crippen molar-refractivity contribution in [3.63, 3.8) is 0 Å². The molecule has 0 spiro atoms. The average Bonchev–Trinajstić information content (AvgIpc) is 3.27. The molecule has 4 rings (SSSR count). The van der Waals surface area contributed by atoms with Gasteiger partial charge in [-0.15, -0.1) is 0 Å². The highest BCUT2D eigenvalue weighted by molar-refractivity contribution is 5.96. The Morgan fingerprint density at radius 2 is 2.09 bits per heavy atom. The molecule has 1 aromatic carbocycles. The van der Waals surface area contributed by atoms with Gasteiger partial charge in [0.05, 0.1) is 5.39 Å². The summed E-state index contributed by atoms with van der Waals surface area (Å²) in [6.07, 6.45) is 3.33. The lowest BCUT2D eigenvalue weighted by Gasteiger charge is -2.37. The lowest BCUT2D eigenvalue weighted by atomic mass is 10.1. The van der Waals surface area contributed by atoms with E-state index in [-0.39, 0.29) is 23.9 Å². The second-order valence-electron chi connectivity index (χ2n) is 8.24. The van der Waals surface area contributed by atoms with Gasteiger partial charge < -0.3 is 25.4 Å². The first-order chi connectivity index (χ1) is 15.4. The molecule has 2 unspecified atom stereocenters. The molecule has 1 saturated heterocycles. The number of aromatic amines is 1. The van der Waals surface area contributed by atoms with E-state index in [0.717, 1.165) is 29.1 Å². The number of benzene rings is 1. The van der Waals surface area contributed by atoms with Crippen LogP contribution in [0.1, 0.15) is 31.1 Å². The second kappa shape index (κ2) is 9.35. The van der Waals surface area contributed by atoms with Crippen LogP contribution in [0.3, 0.4) is 0 Å². The predicted molar refractivity (Wildman–Crippen MR) is 124 cm³/mol. The SMILES string of the molecule is CC(=O)NCCN(c1cccc(C(=O)N2CC(C)NCC2C)c1)c1ncnc2[nH]ccc12. The fraction of sp³-hybridized carbons (Fsp3) is 0.391. The standard InChI is InChI=1S/C23H29N7O2/c1-15-13-30(16(2)12-26-15)23(32)18-5-4-6-19(11-18)29(10-9-24-17(3)31)22-20-7-8-25-21(20)27-14-28-22/h4-8,11,14-16,26H,9-10,12-13H2,1-3H3,(H,24,31)(H,25,27,28). The maximum absolute atomic E-state index is 13.3. The molecule has 2 aromatic heterocycles. The summed E-state index contributed by atoms with van der Waals surface area (Å²) < 4.78 is 0. The monoisotopic (exact) mass is 435 g/mol. The number of hydrogen-bond donors (Lipinski definition) is 3. The van der Waals surface area contributed by atoms with Gasteiger partial charge in [0.15, 0.2) is 0 Å². The van der Waals surface area contributed by atoms with Gasteiger partial charge in [-0.3, -0.25) is 9.59 Å². The summed E-state index contributed by atoms with van der Waals surface area (Å²) in [5.74, 6) is 0.643. The maximum Gasteiger partial charge on any atom is 0.254 e. The minimum atomic E-state index is -0.0924. The topological polar surface area (TPSA) is 106 Å². The fourth-order valence-electron chi connectivity index (χ4n) is 4.05. The summed E-state index contributed by atoms with van der Waals surface area (Å²) in [4.78, 5) is 40.6. The van der Waals surface area contributed by atoms with E-state index in [4.69, 9.17) is 0 Å². The third-order valence-electron chi connectivity index (χ3n) is 5.73. The molecule has 1 fully saturated rings. The Hall–Kier alpha value is -3.46. The minimum Gasteiger partial charge on any atom is -0.355 e. The molecule has 0 bridgehead atoms. The molecule has 0 aliphatic carbocycles. The highest BCUT2D eigenvalue weighted by Gasteiger charge is 2.28. The van der Waals surface area contributed by atoms with Crippen LogP contribution in [0.25, 0.3) is 11.0 Å². The number of nitrogens with zero attached hydrogens (tertiary/aromatic N) is 4. The molecule has 9 nitrogen and oxygen atoms in total. The van der Waals surface area contributed by atoms with Crippen molar-refractivity contribution in [1.82, 2.24) is 30.5 Å². The van der Waals surface area contributed by atoms with Crippen LogP contribution in [0.15, 0.2) is 42.9 Å². The molecule has 9 heteroatoms. The van der Waals surface area contributed by atoms with Gasteiger partial charge in [0, 0.05) is 62.6 Å². The molecule has 32 heavy (non-hydrogen) atoms. The highest BCUT2D eigenvalue weighted by atomic mass is 16.2. The number of anilines is 2. The van der Waals surface area contributed by atoms with E-state index in [9.17, 15) is 9.59 Å². The van der Waals surface area contributed by atoms with Gasteiger partial charge in [-0.1, -0.05) is 6.07 Å². The van der Waals surface area contributed by atoms with Crippen molar-refractivity contribution in [2.24, 2.45) is 0 Å². The average molecular weight is 436 g/mol. The molecule has 0 saturated carbocycles. The van der Waals surface area contributed by atoms with Crippen LogP contribution in [0.4, 0.5) is 11.5 Å². The predicted octanol–water partition coefficient (Wildman–Crippen LogP) is 2.05. The summed E-state index contributed by atoms with van der Waals surface area (Å²) in [6.45, 7) is 8.03. The van der Waals surface area contributed by atoms with E-state index in [1.54, 1.807) is 0 Å². The van der Waals surface area contributed by atoms with Crippen molar-refractivity contribution in [2.45, 2.75) is 32.9 Å². The largest absolute Gasteiger partial charge is 0.355 e. The molecule has 3 aromatic rings. The normalized spacial score (nSPS) is 18.5. The third-order valence-corrected chi connectivity index (χ3v) is 5.73. The summed E-state index contributed by atoms with van der Waals surface area (Å²) in [5, 5.41) is 7.13. The van der Waals surface area contributed by atoms with Gasteiger partial charge in [0.2, 0.25) is 5.91 Å². The van der Waals surface area contributed by atoms with Gasteiger partial charge in [0.1, 0.15) is 17.8 Å². The van der Waals surface area contributed by atoms with E-state index < -0.39 is 0 Å². The van der Waals surface area contributed by atoms with Crippen molar-refractivity contribution < 1.29 is 9.59 Å². The Balaban J connectivity index is 1.68. The molecule has 3 N–H and O–H groups in total. The lowest BCUT2D eigenvalue weighted by Crippen LogP contribution is -2.56. The van der Waals surface area contributed by atoms with Crippen LogP contribution in [0.5, 0.6) is 0 Å². The number of rotatable bonds is 6. The van der Waals surface area contributed by atoms with E-state index in [0.29, 0.717) is 25.2 Å². The number of carbonyl (C=O) groups excluding carboxylic acids is 2. The number of carbonyl (C=O) groups is 2. The van der Waals surface area contributed by atoms with Crippen LogP contribution >= 0.6 is 0 Å². The molecule has 3 heterocycles.